The number of aryl methyl sites for hydroxylation is 2. The van der Waals surface area contributed by atoms with Crippen LogP contribution in [0.25, 0.3) is 0 Å². The van der Waals surface area contributed by atoms with Gasteiger partial charge in [0.1, 0.15) is 5.76 Å². The van der Waals surface area contributed by atoms with E-state index in [2.05, 4.69) is 9.88 Å². The van der Waals surface area contributed by atoms with E-state index in [4.69, 9.17) is 4.42 Å². The molecule has 0 bridgehead atoms. The summed E-state index contributed by atoms with van der Waals surface area (Å²) >= 11 is 0. The van der Waals surface area contributed by atoms with E-state index in [-0.39, 0.29) is 5.78 Å². The van der Waals surface area contributed by atoms with E-state index in [1.165, 1.54) is 0 Å². The molecule has 4 nitrogen and oxygen atoms in total. The van der Waals surface area contributed by atoms with E-state index in [9.17, 15) is 4.79 Å². The monoisotopic (exact) mass is 260 g/mol. The summed E-state index contributed by atoms with van der Waals surface area (Å²) in [5, 5.41) is 0. The molecule has 102 valence electrons. The number of carbonyl (C=O) groups is 1. The Balaban J connectivity index is 2.02. The van der Waals surface area contributed by atoms with Gasteiger partial charge in [-0.3, -0.25) is 9.69 Å². The molecule has 0 saturated heterocycles. The van der Waals surface area contributed by atoms with Crippen LogP contribution in [0.1, 0.15) is 34.4 Å². The Bertz CT molecular complexity index is 541. The Morgan fingerprint density at radius 3 is 2.74 bits per heavy atom. The highest BCUT2D eigenvalue weighted by Crippen LogP contribution is 2.12. The van der Waals surface area contributed by atoms with Gasteiger partial charge >= 0.3 is 0 Å². The van der Waals surface area contributed by atoms with Crippen LogP contribution >= 0.6 is 0 Å². The lowest BCUT2D eigenvalue weighted by molar-refractivity contribution is 0.0924. The average Bonchev–Trinajstić information content (AvgIpc) is 2.98. The van der Waals surface area contributed by atoms with Crippen LogP contribution < -0.4 is 0 Å². The topological polar surface area (TPSA) is 49.2 Å². The zero-order valence-electron chi connectivity index (χ0n) is 11.7. The van der Waals surface area contributed by atoms with Gasteiger partial charge in [0.15, 0.2) is 5.78 Å². The Labute approximate surface area is 113 Å². The highest BCUT2D eigenvalue weighted by Gasteiger charge is 2.15. The van der Waals surface area contributed by atoms with Gasteiger partial charge in [0, 0.05) is 17.0 Å². The molecular weight excluding hydrogens is 240 g/mol. The predicted molar refractivity (Wildman–Crippen MR) is 74.3 cm³/mol. The van der Waals surface area contributed by atoms with E-state index in [1.807, 2.05) is 39.0 Å². The third kappa shape index (κ3) is 3.35. The molecule has 2 rings (SSSR count). The molecular formula is C15H20N2O2. The maximum absolute atomic E-state index is 12.3. The highest BCUT2D eigenvalue weighted by atomic mass is 16.3. The molecule has 1 N–H and O–H groups in total. The number of hydrogen-bond donors (Lipinski definition) is 1. The minimum atomic E-state index is 0.148. The van der Waals surface area contributed by atoms with E-state index in [0.717, 1.165) is 29.3 Å². The second-order valence-electron chi connectivity index (χ2n) is 4.80. The largest absolute Gasteiger partial charge is 0.468 e. The van der Waals surface area contributed by atoms with Crippen molar-refractivity contribution in [1.82, 2.24) is 9.88 Å². The SMILES string of the molecule is CCN(CC(=O)c1cc(C)[nH]c1C)Cc1ccco1. The molecule has 0 aromatic carbocycles. The van der Waals surface area contributed by atoms with Gasteiger partial charge in [0.05, 0.1) is 19.4 Å². The first-order valence-corrected chi connectivity index (χ1v) is 6.54. The van der Waals surface area contributed by atoms with Crippen molar-refractivity contribution in [1.29, 1.82) is 0 Å². The number of H-pyrrole nitrogens is 1. The molecule has 2 aromatic rings. The molecule has 0 aliphatic rings. The Morgan fingerprint density at radius 2 is 2.21 bits per heavy atom. The number of Topliss-reactive ketones (excluding diaryl/α,β-unsaturated/α-hetero) is 1. The van der Waals surface area contributed by atoms with E-state index < -0.39 is 0 Å². The van der Waals surface area contributed by atoms with Crippen LogP contribution in [0.4, 0.5) is 0 Å². The Morgan fingerprint density at radius 1 is 1.42 bits per heavy atom. The van der Waals surface area contributed by atoms with Crippen molar-refractivity contribution in [3.63, 3.8) is 0 Å². The van der Waals surface area contributed by atoms with Gasteiger partial charge in [-0.1, -0.05) is 6.92 Å². The molecule has 0 amide bonds. The number of ketones is 1. The Kier molecular flexibility index (Phi) is 4.22. The lowest BCUT2D eigenvalue weighted by atomic mass is 10.1. The van der Waals surface area contributed by atoms with E-state index in [0.29, 0.717) is 13.1 Å². The van der Waals surface area contributed by atoms with Crippen LogP contribution in [0.15, 0.2) is 28.9 Å². The van der Waals surface area contributed by atoms with Crippen LogP contribution in [0.2, 0.25) is 0 Å². The molecule has 0 radical (unpaired) electrons. The van der Waals surface area contributed by atoms with Gasteiger partial charge in [0.2, 0.25) is 0 Å². The van der Waals surface area contributed by atoms with Gasteiger partial charge in [0.25, 0.3) is 0 Å². The number of carbonyl (C=O) groups excluding carboxylic acids is 1. The first-order chi connectivity index (χ1) is 9.10. The second-order valence-corrected chi connectivity index (χ2v) is 4.80. The first-order valence-electron chi connectivity index (χ1n) is 6.54. The van der Waals surface area contributed by atoms with Crippen LogP contribution in [0.5, 0.6) is 0 Å². The maximum Gasteiger partial charge on any atom is 0.178 e. The number of nitrogens with zero attached hydrogens (tertiary/aromatic N) is 1. The smallest absolute Gasteiger partial charge is 0.178 e. The number of furan rings is 1. The highest BCUT2D eigenvalue weighted by molar-refractivity contribution is 5.98. The summed E-state index contributed by atoms with van der Waals surface area (Å²) in [7, 11) is 0. The van der Waals surface area contributed by atoms with Crippen molar-refractivity contribution in [2.24, 2.45) is 0 Å². The summed E-state index contributed by atoms with van der Waals surface area (Å²) in [5.74, 6) is 1.03. The van der Waals surface area contributed by atoms with Crippen LogP contribution in [0, 0.1) is 13.8 Å². The third-order valence-corrected chi connectivity index (χ3v) is 3.22. The molecule has 0 aliphatic heterocycles. The number of aromatic amines is 1. The van der Waals surface area contributed by atoms with Gasteiger partial charge < -0.3 is 9.40 Å². The van der Waals surface area contributed by atoms with Gasteiger partial charge in [-0.05, 0) is 38.6 Å². The van der Waals surface area contributed by atoms with Crippen molar-refractivity contribution >= 4 is 5.78 Å². The van der Waals surface area contributed by atoms with Gasteiger partial charge in [-0.25, -0.2) is 0 Å². The van der Waals surface area contributed by atoms with Gasteiger partial charge in [-0.15, -0.1) is 0 Å². The summed E-state index contributed by atoms with van der Waals surface area (Å²) in [5.41, 5.74) is 2.75. The molecule has 0 unspecified atom stereocenters. The first kappa shape index (κ1) is 13.6. The summed E-state index contributed by atoms with van der Waals surface area (Å²) in [6.07, 6.45) is 1.66. The normalized spacial score (nSPS) is 11.2. The summed E-state index contributed by atoms with van der Waals surface area (Å²) in [6, 6.07) is 5.71. The maximum atomic E-state index is 12.3. The number of likely N-dealkylation sites (N-methyl/N-ethyl adjacent to an activating group) is 1. The second kappa shape index (κ2) is 5.89. The van der Waals surface area contributed by atoms with E-state index >= 15 is 0 Å². The summed E-state index contributed by atoms with van der Waals surface area (Å²) < 4.78 is 5.32. The minimum Gasteiger partial charge on any atom is -0.468 e. The van der Waals surface area contributed by atoms with Gasteiger partial charge in [-0.2, -0.15) is 0 Å². The molecule has 0 fully saturated rings. The van der Waals surface area contributed by atoms with Crippen LogP contribution in [-0.2, 0) is 6.54 Å². The number of nitrogens with one attached hydrogen (secondary N) is 1. The Hall–Kier alpha value is -1.81. The standard InChI is InChI=1S/C15H20N2O2/c1-4-17(9-13-6-5-7-19-13)10-15(18)14-8-11(2)16-12(14)3/h5-8,16H,4,9-10H2,1-3H3. The van der Waals surface area contributed by atoms with Crippen molar-refractivity contribution in [2.75, 3.05) is 13.1 Å². The summed E-state index contributed by atoms with van der Waals surface area (Å²) in [6.45, 7) is 7.83. The molecule has 0 saturated carbocycles. The number of aromatic nitrogens is 1. The zero-order chi connectivity index (χ0) is 13.8. The minimum absolute atomic E-state index is 0.148. The van der Waals surface area contributed by atoms with Crippen molar-refractivity contribution < 1.29 is 9.21 Å². The lowest BCUT2D eigenvalue weighted by Gasteiger charge is -2.17. The molecule has 0 atom stereocenters. The van der Waals surface area contributed by atoms with Crippen LogP contribution in [-0.4, -0.2) is 28.8 Å². The fraction of sp³-hybridized carbons (Fsp3) is 0.400. The van der Waals surface area contributed by atoms with Crippen molar-refractivity contribution in [3.8, 4) is 0 Å². The average molecular weight is 260 g/mol. The van der Waals surface area contributed by atoms with Crippen molar-refractivity contribution in [2.45, 2.75) is 27.3 Å². The van der Waals surface area contributed by atoms with Crippen LogP contribution in [0.3, 0.4) is 0 Å². The third-order valence-electron chi connectivity index (χ3n) is 3.22. The predicted octanol–water partition coefficient (Wildman–Crippen LogP) is 2.93. The molecule has 4 heteroatoms. The van der Waals surface area contributed by atoms with E-state index in [1.54, 1.807) is 6.26 Å². The van der Waals surface area contributed by atoms with Crippen molar-refractivity contribution in [3.05, 3.63) is 47.2 Å². The molecule has 2 heterocycles. The lowest BCUT2D eigenvalue weighted by Crippen LogP contribution is -2.29. The number of rotatable bonds is 6. The fourth-order valence-electron chi connectivity index (χ4n) is 2.20. The molecule has 19 heavy (non-hydrogen) atoms. The molecule has 2 aromatic heterocycles. The molecule has 0 aliphatic carbocycles. The zero-order valence-corrected chi connectivity index (χ0v) is 11.7. The number of hydrogen-bond acceptors (Lipinski definition) is 3. The summed E-state index contributed by atoms with van der Waals surface area (Å²) in [4.78, 5) is 17.5. The fourth-order valence-corrected chi connectivity index (χ4v) is 2.20. The quantitative estimate of drug-likeness (QED) is 0.812. The molecule has 0 spiro atoms.